The molecule has 12 heavy (non-hydrogen) atoms. The van der Waals surface area contributed by atoms with Gasteiger partial charge in [0.25, 0.3) is 0 Å². The fraction of sp³-hybridized carbons (Fsp3) is 0.636. The minimum Gasteiger partial charge on any atom is -0.0847 e. The van der Waals surface area contributed by atoms with Crippen LogP contribution in [0.2, 0.25) is 0 Å². The van der Waals surface area contributed by atoms with Crippen molar-refractivity contribution in [2.24, 2.45) is 0 Å². The molecule has 0 amide bonds. The number of hydrogen-bond acceptors (Lipinski definition) is 0. The van der Waals surface area contributed by atoms with Crippen LogP contribution < -0.4 is 0 Å². The van der Waals surface area contributed by atoms with E-state index in [0.717, 1.165) is 11.5 Å². The molecule has 1 rings (SSSR count). The van der Waals surface area contributed by atoms with Crippen molar-refractivity contribution < 1.29 is 0 Å². The van der Waals surface area contributed by atoms with Crippen molar-refractivity contribution in [2.45, 2.75) is 47.5 Å². The molecule has 0 unspecified atom stereocenters. The summed E-state index contributed by atoms with van der Waals surface area (Å²) in [6.07, 6.45) is 6.36. The van der Waals surface area contributed by atoms with E-state index in [4.69, 9.17) is 11.6 Å². The summed E-state index contributed by atoms with van der Waals surface area (Å²) in [7, 11) is 0. The normalized spacial score (nSPS) is 14.2. The van der Waals surface area contributed by atoms with Crippen LogP contribution in [-0.2, 0) is 0 Å². The summed E-state index contributed by atoms with van der Waals surface area (Å²) in [5.74, 6) is 0. The van der Waals surface area contributed by atoms with Gasteiger partial charge in [-0.15, -0.1) is 0 Å². The molecule has 1 aliphatic rings. The quantitative estimate of drug-likeness (QED) is 0.507. The lowest BCUT2D eigenvalue weighted by molar-refractivity contribution is 0.958. The lowest BCUT2D eigenvalue weighted by Crippen LogP contribution is -1.82. The van der Waals surface area contributed by atoms with Crippen LogP contribution in [0, 0.1) is 0 Å². The van der Waals surface area contributed by atoms with Crippen LogP contribution in [0.4, 0.5) is 0 Å². The smallest absolute Gasteiger partial charge is 0.0365 e. The van der Waals surface area contributed by atoms with Crippen molar-refractivity contribution in [1.82, 2.24) is 0 Å². The highest BCUT2D eigenvalue weighted by atomic mass is 35.5. The Labute approximate surface area is 82.3 Å². The van der Waals surface area contributed by atoms with E-state index in [1.807, 2.05) is 33.8 Å². The average molecular weight is 189 g/mol. The first kappa shape index (κ1) is 14.3. The number of allylic oxidation sites excluding steroid dienone is 4. The summed E-state index contributed by atoms with van der Waals surface area (Å²) in [4.78, 5) is 0. The van der Waals surface area contributed by atoms with Gasteiger partial charge in [0, 0.05) is 5.03 Å². The fourth-order valence-electron chi connectivity index (χ4n) is 0.804. The second kappa shape index (κ2) is 10.8. The Bertz CT molecular complexity index is 143. The zero-order chi connectivity index (χ0) is 9.98. The summed E-state index contributed by atoms with van der Waals surface area (Å²) in [6.45, 7) is 10.1. The first-order valence-corrected chi connectivity index (χ1v) is 5.19. The van der Waals surface area contributed by atoms with Crippen LogP contribution in [0.5, 0.6) is 0 Å². The summed E-state index contributed by atoms with van der Waals surface area (Å²) < 4.78 is 0. The monoisotopic (exact) mass is 188 g/mol. The van der Waals surface area contributed by atoms with Crippen LogP contribution >= 0.6 is 11.6 Å². The molecule has 72 valence electrons. The molecule has 0 nitrogen and oxygen atoms in total. The van der Waals surface area contributed by atoms with Gasteiger partial charge in [-0.25, -0.2) is 0 Å². The van der Waals surface area contributed by atoms with Crippen molar-refractivity contribution in [3.05, 3.63) is 22.8 Å². The molecule has 1 heteroatoms. The topological polar surface area (TPSA) is 0 Å². The molecule has 0 aromatic rings. The van der Waals surface area contributed by atoms with Gasteiger partial charge in [0.1, 0.15) is 0 Å². The molecule has 0 atom stereocenters. The molecule has 0 spiro atoms. The molecule has 0 fully saturated rings. The van der Waals surface area contributed by atoms with Gasteiger partial charge in [0.2, 0.25) is 0 Å². The van der Waals surface area contributed by atoms with Gasteiger partial charge in [-0.1, -0.05) is 50.9 Å². The minimum absolute atomic E-state index is 0.897. The van der Waals surface area contributed by atoms with Gasteiger partial charge in [-0.2, -0.15) is 0 Å². The third kappa shape index (κ3) is 7.87. The SMILES string of the molecule is CC.CC.CC1=CC(Cl)=CCC1. The molecular weight excluding hydrogens is 168 g/mol. The zero-order valence-corrected chi connectivity index (χ0v) is 9.70. The molecule has 1 aliphatic carbocycles. The Morgan fingerprint density at radius 2 is 1.67 bits per heavy atom. The van der Waals surface area contributed by atoms with Gasteiger partial charge in [-0.05, 0) is 25.8 Å². The van der Waals surface area contributed by atoms with E-state index >= 15 is 0 Å². The number of hydrogen-bond donors (Lipinski definition) is 0. The Kier molecular flexibility index (Phi) is 12.8. The molecule has 0 aromatic carbocycles. The number of rotatable bonds is 0. The van der Waals surface area contributed by atoms with Crippen molar-refractivity contribution in [2.75, 3.05) is 0 Å². The van der Waals surface area contributed by atoms with Crippen molar-refractivity contribution in [3.8, 4) is 0 Å². The average Bonchev–Trinajstić information content (AvgIpc) is 2.11. The van der Waals surface area contributed by atoms with Crippen LogP contribution in [0.15, 0.2) is 22.8 Å². The van der Waals surface area contributed by atoms with Gasteiger partial charge in [-0.3, -0.25) is 0 Å². The predicted molar refractivity (Wildman–Crippen MR) is 59.6 cm³/mol. The predicted octanol–water partition coefficient (Wildman–Crippen LogP) is 4.90. The minimum atomic E-state index is 0.897. The number of halogens is 1. The lowest BCUT2D eigenvalue weighted by Gasteiger charge is -2.03. The molecule has 0 aromatic heterocycles. The van der Waals surface area contributed by atoms with E-state index in [9.17, 15) is 0 Å². The highest BCUT2D eigenvalue weighted by Crippen LogP contribution is 2.18. The van der Waals surface area contributed by atoms with E-state index < -0.39 is 0 Å². The van der Waals surface area contributed by atoms with E-state index in [1.54, 1.807) is 0 Å². The first-order valence-electron chi connectivity index (χ1n) is 4.82. The van der Waals surface area contributed by atoms with Crippen molar-refractivity contribution in [3.63, 3.8) is 0 Å². The van der Waals surface area contributed by atoms with Gasteiger partial charge >= 0.3 is 0 Å². The molecule has 0 heterocycles. The standard InChI is InChI=1S/C7H9Cl.2C2H6/c1-6-3-2-4-7(8)5-6;2*1-2/h4-5H,2-3H2,1H3;2*1-2H3. The van der Waals surface area contributed by atoms with E-state index in [-0.39, 0.29) is 0 Å². The molecule has 0 saturated carbocycles. The van der Waals surface area contributed by atoms with Gasteiger partial charge in [0.15, 0.2) is 0 Å². The van der Waals surface area contributed by atoms with Crippen molar-refractivity contribution in [1.29, 1.82) is 0 Å². The zero-order valence-electron chi connectivity index (χ0n) is 8.95. The van der Waals surface area contributed by atoms with Crippen LogP contribution in [0.1, 0.15) is 47.5 Å². The second-order valence-electron chi connectivity index (χ2n) is 2.12. The third-order valence-corrected chi connectivity index (χ3v) is 1.53. The Morgan fingerprint density at radius 1 is 1.17 bits per heavy atom. The second-order valence-corrected chi connectivity index (χ2v) is 2.55. The molecule has 0 N–H and O–H groups in total. The van der Waals surface area contributed by atoms with E-state index in [2.05, 4.69) is 13.0 Å². The summed E-state index contributed by atoms with van der Waals surface area (Å²) >= 11 is 5.70. The molecule has 0 saturated heterocycles. The molecule has 0 aliphatic heterocycles. The maximum absolute atomic E-state index is 5.70. The maximum atomic E-state index is 5.70. The van der Waals surface area contributed by atoms with Crippen LogP contribution in [-0.4, -0.2) is 0 Å². The fourth-order valence-corrected chi connectivity index (χ4v) is 1.10. The largest absolute Gasteiger partial charge is 0.0847 e. The first-order chi connectivity index (χ1) is 5.79. The molecular formula is C11H21Cl. The third-order valence-electron chi connectivity index (χ3n) is 1.26. The maximum Gasteiger partial charge on any atom is 0.0365 e. The van der Waals surface area contributed by atoms with E-state index in [0.29, 0.717) is 0 Å². The van der Waals surface area contributed by atoms with E-state index in [1.165, 1.54) is 12.0 Å². The Balaban J connectivity index is 0. The van der Waals surface area contributed by atoms with Gasteiger partial charge in [0.05, 0.1) is 0 Å². The van der Waals surface area contributed by atoms with Crippen LogP contribution in [0.3, 0.4) is 0 Å². The highest BCUT2D eigenvalue weighted by Gasteiger charge is 1.96. The highest BCUT2D eigenvalue weighted by molar-refractivity contribution is 6.31. The summed E-state index contributed by atoms with van der Waals surface area (Å²) in [6, 6.07) is 0. The lowest BCUT2D eigenvalue weighted by atomic mass is 10.1. The summed E-state index contributed by atoms with van der Waals surface area (Å²) in [5, 5.41) is 0.897. The Hall–Kier alpha value is -0.230. The summed E-state index contributed by atoms with van der Waals surface area (Å²) in [5.41, 5.74) is 1.39. The van der Waals surface area contributed by atoms with Gasteiger partial charge < -0.3 is 0 Å². The molecule has 0 radical (unpaired) electrons. The Morgan fingerprint density at radius 3 is 1.92 bits per heavy atom. The van der Waals surface area contributed by atoms with Crippen LogP contribution in [0.25, 0.3) is 0 Å². The van der Waals surface area contributed by atoms with Crippen molar-refractivity contribution >= 4 is 11.6 Å². The molecule has 0 bridgehead atoms.